The van der Waals surface area contributed by atoms with Crippen molar-refractivity contribution in [1.82, 2.24) is 24.5 Å². The fourth-order valence-corrected chi connectivity index (χ4v) is 6.11. The lowest BCUT2D eigenvalue weighted by Crippen LogP contribution is -2.41. The van der Waals surface area contributed by atoms with Crippen molar-refractivity contribution in [2.75, 3.05) is 46.8 Å². The minimum absolute atomic E-state index is 0.0316. The maximum absolute atomic E-state index is 13.2. The molecular weight excluding hydrogens is 574 g/mol. The Labute approximate surface area is 274 Å². The summed E-state index contributed by atoms with van der Waals surface area (Å²) in [4.78, 5) is 24.8. The molecular formula is C37H49N7O2. The molecule has 0 radical (unpaired) electrons. The van der Waals surface area contributed by atoms with Crippen molar-refractivity contribution in [3.8, 4) is 22.8 Å². The average molecular weight is 624 g/mol. The highest BCUT2D eigenvalue weighted by molar-refractivity contribution is 6.06. The molecule has 2 unspecified atom stereocenters. The first kappa shape index (κ1) is 33.3. The fourth-order valence-electron chi connectivity index (χ4n) is 6.11. The van der Waals surface area contributed by atoms with Crippen molar-refractivity contribution >= 4 is 23.7 Å². The lowest BCUT2D eigenvalue weighted by atomic mass is 10.0. The number of carbonyl (C=O) groups excluding carboxylic acids is 1. The van der Waals surface area contributed by atoms with Crippen LogP contribution in [0.2, 0.25) is 0 Å². The third-order valence-corrected chi connectivity index (χ3v) is 9.25. The van der Waals surface area contributed by atoms with Crippen molar-refractivity contribution < 1.29 is 9.53 Å². The van der Waals surface area contributed by atoms with Crippen molar-refractivity contribution in [3.63, 3.8) is 0 Å². The Morgan fingerprint density at radius 1 is 1.09 bits per heavy atom. The standard InChI is InChI=1S/C37H49N7O2/c1-6-27(2)25-39-37-35(28(3)38)36(29-14-16-33(17-15-29)46-32-11-8-7-9-12-32)40-44(37)31-20-24-43(26-31)34(45)13-10-21-42(5)30-18-22-41(4)23-19-30/h7-17,25,27,30-31,38H,6,18-24,26H2,1-5H3. The number of benzene rings is 2. The largest absolute Gasteiger partial charge is 0.457 e. The Morgan fingerprint density at radius 2 is 1.78 bits per heavy atom. The van der Waals surface area contributed by atoms with Gasteiger partial charge >= 0.3 is 0 Å². The predicted molar refractivity (Wildman–Crippen MR) is 187 cm³/mol. The third kappa shape index (κ3) is 8.19. The summed E-state index contributed by atoms with van der Waals surface area (Å²) in [5, 5.41) is 13.8. The minimum atomic E-state index is -0.0316. The van der Waals surface area contributed by atoms with Gasteiger partial charge in [-0.25, -0.2) is 9.67 Å². The van der Waals surface area contributed by atoms with Crippen molar-refractivity contribution in [2.45, 2.75) is 58.5 Å². The molecule has 2 fully saturated rings. The maximum atomic E-state index is 13.2. The van der Waals surface area contributed by atoms with E-state index in [1.807, 2.05) is 76.5 Å². The quantitative estimate of drug-likeness (QED) is 0.176. The zero-order valence-corrected chi connectivity index (χ0v) is 28.0. The summed E-state index contributed by atoms with van der Waals surface area (Å²) in [6.45, 7) is 10.3. The summed E-state index contributed by atoms with van der Waals surface area (Å²) >= 11 is 0. The number of piperidine rings is 1. The van der Waals surface area contributed by atoms with Crippen LogP contribution in [0.15, 0.2) is 71.7 Å². The maximum Gasteiger partial charge on any atom is 0.246 e. The smallest absolute Gasteiger partial charge is 0.246 e. The third-order valence-electron chi connectivity index (χ3n) is 9.25. The van der Waals surface area contributed by atoms with Crippen molar-refractivity contribution in [2.24, 2.45) is 10.9 Å². The number of carbonyl (C=O) groups is 1. The van der Waals surface area contributed by atoms with Crippen molar-refractivity contribution in [3.05, 3.63) is 72.3 Å². The molecule has 3 aromatic rings. The number of para-hydroxylation sites is 1. The summed E-state index contributed by atoms with van der Waals surface area (Å²) in [6.07, 6.45) is 9.78. The van der Waals surface area contributed by atoms with Crippen LogP contribution in [0.3, 0.4) is 0 Å². The molecule has 3 heterocycles. The zero-order valence-electron chi connectivity index (χ0n) is 28.0. The van der Waals surface area contributed by atoms with Gasteiger partial charge in [-0.1, -0.05) is 38.1 Å². The monoisotopic (exact) mass is 623 g/mol. The minimum Gasteiger partial charge on any atom is -0.457 e. The molecule has 2 aromatic carbocycles. The fraction of sp³-hybridized carbons (Fsp3) is 0.459. The lowest BCUT2D eigenvalue weighted by Gasteiger charge is -2.34. The number of ether oxygens (including phenoxy) is 1. The van der Waals surface area contributed by atoms with Gasteiger partial charge in [0.25, 0.3) is 0 Å². The number of hydrogen-bond acceptors (Lipinski definition) is 7. The number of nitrogens with zero attached hydrogens (tertiary/aromatic N) is 6. The van der Waals surface area contributed by atoms with E-state index >= 15 is 0 Å². The summed E-state index contributed by atoms with van der Waals surface area (Å²) in [7, 11) is 4.33. The van der Waals surface area contributed by atoms with Gasteiger partial charge in [0, 0.05) is 49.2 Å². The molecule has 0 spiro atoms. The number of aliphatic imine (C=N–C) groups is 1. The van der Waals surface area contributed by atoms with E-state index in [1.54, 1.807) is 13.0 Å². The molecule has 9 nitrogen and oxygen atoms in total. The normalized spacial score (nSPS) is 18.7. The van der Waals surface area contributed by atoms with E-state index in [0.717, 1.165) is 60.8 Å². The molecule has 1 N–H and O–H groups in total. The Hall–Kier alpha value is -4.08. The molecule has 9 heteroatoms. The number of hydrogen-bond donors (Lipinski definition) is 1. The van der Waals surface area contributed by atoms with Gasteiger partial charge in [0.05, 0.1) is 11.6 Å². The molecule has 46 heavy (non-hydrogen) atoms. The van der Waals surface area contributed by atoms with E-state index in [-0.39, 0.29) is 11.9 Å². The Morgan fingerprint density at radius 3 is 2.46 bits per heavy atom. The van der Waals surface area contributed by atoms with Gasteiger partial charge in [0.1, 0.15) is 17.2 Å². The zero-order chi connectivity index (χ0) is 32.6. The molecule has 244 valence electrons. The summed E-state index contributed by atoms with van der Waals surface area (Å²) in [5.74, 6) is 2.51. The van der Waals surface area contributed by atoms with E-state index in [1.165, 1.54) is 12.8 Å². The van der Waals surface area contributed by atoms with Crippen LogP contribution in [0.5, 0.6) is 11.5 Å². The van der Waals surface area contributed by atoms with Crippen LogP contribution in [0.4, 0.5) is 5.82 Å². The number of nitrogens with one attached hydrogen (secondary N) is 1. The number of amides is 1. The predicted octanol–water partition coefficient (Wildman–Crippen LogP) is 6.83. The second-order valence-electron chi connectivity index (χ2n) is 12.8. The number of likely N-dealkylation sites (tertiary alicyclic amines) is 2. The van der Waals surface area contributed by atoms with Gasteiger partial charge < -0.3 is 19.9 Å². The SMILES string of the molecule is CCC(C)C=Nc1c(C(C)=N)c(-c2ccc(Oc3ccccc3)cc2)nn1C1CCN(C(=O)C=CCN(C)C2CCN(C)CC2)C1. The molecule has 2 aliphatic rings. The van der Waals surface area contributed by atoms with Crippen LogP contribution in [0.1, 0.15) is 58.1 Å². The molecule has 2 saturated heterocycles. The van der Waals surface area contributed by atoms with Crippen LogP contribution < -0.4 is 4.74 Å². The molecule has 5 rings (SSSR count). The second kappa shape index (κ2) is 15.5. The number of rotatable bonds is 12. The summed E-state index contributed by atoms with van der Waals surface area (Å²) < 4.78 is 7.96. The van der Waals surface area contributed by atoms with Crippen LogP contribution in [-0.4, -0.2) is 95.2 Å². The van der Waals surface area contributed by atoms with Crippen LogP contribution >= 0.6 is 0 Å². The molecule has 1 amide bonds. The van der Waals surface area contributed by atoms with Gasteiger partial charge in [-0.2, -0.15) is 5.10 Å². The summed E-state index contributed by atoms with van der Waals surface area (Å²) in [5.41, 5.74) is 2.74. The topological polar surface area (TPSA) is 90.0 Å². The molecule has 0 bridgehead atoms. The highest BCUT2D eigenvalue weighted by Crippen LogP contribution is 2.37. The molecule has 2 aliphatic heterocycles. The Kier molecular flexibility index (Phi) is 11.2. The lowest BCUT2D eigenvalue weighted by molar-refractivity contribution is -0.125. The van der Waals surface area contributed by atoms with Crippen LogP contribution in [0.25, 0.3) is 11.3 Å². The first-order chi connectivity index (χ1) is 22.2. The number of likely N-dealkylation sites (N-methyl/N-ethyl adjacent to an activating group) is 1. The highest BCUT2D eigenvalue weighted by atomic mass is 16.5. The Balaban J connectivity index is 1.34. The second-order valence-corrected chi connectivity index (χ2v) is 12.8. The van der Waals surface area contributed by atoms with Gasteiger partial charge in [-0.05, 0) is 102 Å². The van der Waals surface area contributed by atoms with Crippen molar-refractivity contribution in [1.29, 1.82) is 5.41 Å². The van der Waals surface area contributed by atoms with E-state index < -0.39 is 0 Å². The van der Waals surface area contributed by atoms with E-state index in [4.69, 9.17) is 20.2 Å². The Bertz CT molecular complexity index is 1520. The van der Waals surface area contributed by atoms with Crippen LogP contribution in [0, 0.1) is 11.3 Å². The van der Waals surface area contributed by atoms with Gasteiger partial charge in [-0.15, -0.1) is 0 Å². The first-order valence-electron chi connectivity index (χ1n) is 16.6. The number of aromatic nitrogens is 2. The molecule has 0 saturated carbocycles. The van der Waals surface area contributed by atoms with Gasteiger partial charge in [0.2, 0.25) is 5.91 Å². The highest BCUT2D eigenvalue weighted by Gasteiger charge is 2.31. The van der Waals surface area contributed by atoms with Gasteiger partial charge in [-0.3, -0.25) is 9.69 Å². The molecule has 0 aliphatic carbocycles. The van der Waals surface area contributed by atoms with E-state index in [9.17, 15) is 4.79 Å². The molecule has 1 aromatic heterocycles. The molecule has 2 atom stereocenters. The van der Waals surface area contributed by atoms with Gasteiger partial charge in [0.15, 0.2) is 5.82 Å². The van der Waals surface area contributed by atoms with E-state index in [2.05, 4.69) is 37.7 Å². The van der Waals surface area contributed by atoms with Crippen LogP contribution in [-0.2, 0) is 4.79 Å². The average Bonchev–Trinajstić information content (AvgIpc) is 3.70. The van der Waals surface area contributed by atoms with E-state index in [0.29, 0.717) is 36.6 Å². The first-order valence-corrected chi connectivity index (χ1v) is 16.6. The summed E-state index contributed by atoms with van der Waals surface area (Å²) in [6, 6.07) is 18.1.